The number of benzene rings is 2. The molecule has 0 saturated carbocycles. The smallest absolute Gasteiger partial charge is 0.250 e. The van der Waals surface area contributed by atoms with Crippen LogP contribution in [0.2, 0.25) is 5.02 Å². The Bertz CT molecular complexity index is 1310. The van der Waals surface area contributed by atoms with Crippen molar-refractivity contribution in [3.05, 3.63) is 58.1 Å². The fourth-order valence-electron chi connectivity index (χ4n) is 5.41. The van der Waals surface area contributed by atoms with Gasteiger partial charge in [0.15, 0.2) is 0 Å². The number of amides is 5. The van der Waals surface area contributed by atoms with Crippen LogP contribution in [0, 0.1) is 18.8 Å². The minimum Gasteiger partial charge on any atom is -0.370 e. The van der Waals surface area contributed by atoms with Crippen LogP contribution in [0.3, 0.4) is 0 Å². The van der Waals surface area contributed by atoms with Crippen molar-refractivity contribution in [1.29, 1.82) is 0 Å². The molecular formula is C23H20ClN5O5. The Hall–Kier alpha value is -3.76. The summed E-state index contributed by atoms with van der Waals surface area (Å²) >= 11 is 6.24. The van der Waals surface area contributed by atoms with E-state index in [1.54, 1.807) is 19.1 Å². The maximum atomic E-state index is 13.8. The number of hydrogen-bond acceptors (Lipinski definition) is 6. The maximum absolute atomic E-state index is 13.8. The summed E-state index contributed by atoms with van der Waals surface area (Å²) in [7, 11) is 0. The molecule has 0 radical (unpaired) electrons. The first kappa shape index (κ1) is 22.1. The van der Waals surface area contributed by atoms with Gasteiger partial charge in [-0.25, -0.2) is 4.90 Å². The first-order valence-corrected chi connectivity index (χ1v) is 10.9. The number of imide groups is 1. The maximum Gasteiger partial charge on any atom is 0.250 e. The third-order valence-corrected chi connectivity index (χ3v) is 7.33. The van der Waals surface area contributed by atoms with Crippen molar-refractivity contribution in [3.63, 3.8) is 0 Å². The van der Waals surface area contributed by atoms with Crippen LogP contribution in [0.1, 0.15) is 27.9 Å². The highest BCUT2D eigenvalue weighted by molar-refractivity contribution is 6.32. The molecule has 2 saturated heterocycles. The summed E-state index contributed by atoms with van der Waals surface area (Å²) in [5.74, 6) is -5.14. The molecule has 6 N–H and O–H groups in total. The number of hydrogen-bond donors (Lipinski definition) is 4. The zero-order valence-electron chi connectivity index (χ0n) is 17.9. The molecule has 11 heteroatoms. The summed E-state index contributed by atoms with van der Waals surface area (Å²) in [6.07, 6.45) is -0.244. The summed E-state index contributed by atoms with van der Waals surface area (Å²) in [5, 5.41) is 6.36. The van der Waals surface area contributed by atoms with E-state index in [1.165, 1.54) is 24.3 Å². The molecule has 0 aromatic heterocycles. The van der Waals surface area contributed by atoms with Gasteiger partial charge in [-0.15, -0.1) is 0 Å². The Balaban J connectivity index is 1.66. The Morgan fingerprint density at radius 2 is 1.74 bits per heavy atom. The van der Waals surface area contributed by atoms with Crippen molar-refractivity contribution in [2.75, 3.05) is 10.2 Å². The van der Waals surface area contributed by atoms with E-state index in [9.17, 15) is 24.0 Å². The quantitative estimate of drug-likeness (QED) is 0.465. The average Bonchev–Trinajstić information content (AvgIpc) is 3.35. The highest BCUT2D eigenvalue weighted by Crippen LogP contribution is 2.55. The van der Waals surface area contributed by atoms with Gasteiger partial charge in [-0.2, -0.15) is 0 Å². The van der Waals surface area contributed by atoms with Crippen LogP contribution in [-0.2, 0) is 24.7 Å². The Morgan fingerprint density at radius 1 is 1.06 bits per heavy atom. The standard InChI is InChI=1S/C23H20ClN5O5/c1-9-13(24)7-6-12-18(9)27-22(34)23(12)17-16(14(28-23)8-15(25)30)20(32)29(21(17)33)11-4-2-10(3-5-11)19(26)31/h2-7,14,16-17,28H,8H2,1H3,(H2,25,30)(H2,26,31)(H,27,34)/t14-,16-,17+,23+/m1/s1. The fourth-order valence-corrected chi connectivity index (χ4v) is 5.57. The van der Waals surface area contributed by atoms with Crippen LogP contribution in [0.25, 0.3) is 0 Å². The number of carbonyl (C=O) groups is 5. The van der Waals surface area contributed by atoms with Crippen molar-refractivity contribution in [1.82, 2.24) is 5.32 Å². The molecule has 5 amide bonds. The zero-order valence-corrected chi connectivity index (χ0v) is 18.7. The molecule has 0 bridgehead atoms. The first-order valence-electron chi connectivity index (χ1n) is 10.5. The molecule has 1 spiro atoms. The van der Waals surface area contributed by atoms with Gasteiger partial charge in [0.2, 0.25) is 29.5 Å². The molecular weight excluding hydrogens is 462 g/mol. The molecule has 2 aromatic rings. The SMILES string of the molecule is Cc1c(Cl)ccc2c1NC(=O)[C@]21N[C@H](CC(N)=O)[C@H]2C(=O)N(c3ccc(C(N)=O)cc3)C(=O)[C@H]21. The Labute approximate surface area is 198 Å². The van der Waals surface area contributed by atoms with E-state index in [2.05, 4.69) is 10.6 Å². The van der Waals surface area contributed by atoms with E-state index in [0.29, 0.717) is 21.8 Å². The van der Waals surface area contributed by atoms with E-state index >= 15 is 0 Å². The van der Waals surface area contributed by atoms with E-state index in [1.807, 2.05) is 0 Å². The lowest BCUT2D eigenvalue weighted by molar-refractivity contribution is -0.130. The number of nitrogens with two attached hydrogens (primary N) is 2. The summed E-state index contributed by atoms with van der Waals surface area (Å²) in [5.41, 5.74) is 11.1. The molecule has 174 valence electrons. The number of anilines is 2. The first-order chi connectivity index (χ1) is 16.1. The molecule has 0 aliphatic carbocycles. The van der Waals surface area contributed by atoms with Crippen LogP contribution < -0.4 is 27.0 Å². The topological polar surface area (TPSA) is 165 Å². The Morgan fingerprint density at radius 3 is 2.35 bits per heavy atom. The van der Waals surface area contributed by atoms with Gasteiger partial charge in [0.05, 0.1) is 23.2 Å². The highest BCUT2D eigenvalue weighted by atomic mass is 35.5. The summed E-state index contributed by atoms with van der Waals surface area (Å²) in [6.45, 7) is 1.74. The second-order valence-corrected chi connectivity index (χ2v) is 9.11. The van der Waals surface area contributed by atoms with Crippen molar-refractivity contribution in [2.45, 2.75) is 24.9 Å². The predicted octanol–water partition coefficient (Wildman–Crippen LogP) is 0.548. The molecule has 0 unspecified atom stereocenters. The summed E-state index contributed by atoms with van der Waals surface area (Å²) in [6, 6.07) is 8.11. The molecule has 3 aliphatic rings. The number of fused-ring (bicyclic) bond motifs is 4. The predicted molar refractivity (Wildman–Crippen MR) is 122 cm³/mol. The zero-order chi connectivity index (χ0) is 24.5. The van der Waals surface area contributed by atoms with Gasteiger partial charge in [0.1, 0.15) is 5.54 Å². The highest BCUT2D eigenvalue weighted by Gasteiger charge is 2.70. The fraction of sp³-hybridized carbons (Fsp3) is 0.261. The number of halogens is 1. The van der Waals surface area contributed by atoms with Gasteiger partial charge < -0.3 is 16.8 Å². The van der Waals surface area contributed by atoms with Crippen LogP contribution in [0.5, 0.6) is 0 Å². The van der Waals surface area contributed by atoms with E-state index in [-0.39, 0.29) is 17.7 Å². The second-order valence-electron chi connectivity index (χ2n) is 8.70. The molecule has 3 aliphatic heterocycles. The lowest BCUT2D eigenvalue weighted by Gasteiger charge is -2.29. The lowest BCUT2D eigenvalue weighted by Crippen LogP contribution is -2.53. The normalized spacial score (nSPS) is 27.2. The van der Waals surface area contributed by atoms with Gasteiger partial charge in [-0.1, -0.05) is 17.7 Å². The molecule has 3 heterocycles. The number of rotatable bonds is 4. The van der Waals surface area contributed by atoms with E-state index in [4.69, 9.17) is 23.1 Å². The third-order valence-electron chi connectivity index (χ3n) is 6.92. The summed E-state index contributed by atoms with van der Waals surface area (Å²) < 4.78 is 0. The van der Waals surface area contributed by atoms with Gasteiger partial charge in [0, 0.05) is 28.6 Å². The van der Waals surface area contributed by atoms with Gasteiger partial charge >= 0.3 is 0 Å². The van der Waals surface area contributed by atoms with Crippen LogP contribution >= 0.6 is 11.6 Å². The minimum absolute atomic E-state index is 0.212. The van der Waals surface area contributed by atoms with E-state index in [0.717, 1.165) is 4.90 Å². The molecule has 10 nitrogen and oxygen atoms in total. The number of primary amides is 2. The van der Waals surface area contributed by atoms with E-state index < -0.39 is 53.0 Å². The average molecular weight is 482 g/mol. The van der Waals surface area contributed by atoms with Gasteiger partial charge in [-0.05, 0) is 42.8 Å². The molecule has 5 rings (SSSR count). The van der Waals surface area contributed by atoms with Crippen molar-refractivity contribution in [2.24, 2.45) is 23.3 Å². The molecule has 2 fully saturated rings. The number of nitrogens with one attached hydrogen (secondary N) is 2. The molecule has 4 atom stereocenters. The van der Waals surface area contributed by atoms with Crippen molar-refractivity contribution in [3.8, 4) is 0 Å². The van der Waals surface area contributed by atoms with Crippen LogP contribution in [-0.4, -0.2) is 35.6 Å². The number of nitrogens with zero attached hydrogens (tertiary/aromatic N) is 1. The Kier molecular flexibility index (Phi) is 4.78. The van der Waals surface area contributed by atoms with Crippen LogP contribution in [0.15, 0.2) is 36.4 Å². The number of carbonyl (C=O) groups excluding carboxylic acids is 5. The monoisotopic (exact) mass is 481 g/mol. The largest absolute Gasteiger partial charge is 0.370 e. The van der Waals surface area contributed by atoms with Crippen molar-refractivity contribution < 1.29 is 24.0 Å². The van der Waals surface area contributed by atoms with Crippen LogP contribution in [0.4, 0.5) is 11.4 Å². The second kappa shape index (κ2) is 7.37. The summed E-state index contributed by atoms with van der Waals surface area (Å²) in [4.78, 5) is 65.0. The molecule has 34 heavy (non-hydrogen) atoms. The van der Waals surface area contributed by atoms with Crippen molar-refractivity contribution >= 4 is 52.5 Å². The lowest BCUT2D eigenvalue weighted by atomic mass is 9.76. The minimum atomic E-state index is -1.58. The molecule has 2 aromatic carbocycles. The van der Waals surface area contributed by atoms with Gasteiger partial charge in [0.25, 0.3) is 0 Å². The third kappa shape index (κ3) is 2.82. The van der Waals surface area contributed by atoms with Gasteiger partial charge in [-0.3, -0.25) is 29.3 Å².